The van der Waals surface area contributed by atoms with Gasteiger partial charge in [0, 0.05) is 0 Å². The molecule has 2 aromatic rings. The van der Waals surface area contributed by atoms with Gasteiger partial charge in [-0.05, 0) is 0 Å². The summed E-state index contributed by atoms with van der Waals surface area (Å²) in [4.78, 5) is 12.2. The van der Waals surface area contributed by atoms with Crippen molar-refractivity contribution in [3.63, 3.8) is 0 Å². The summed E-state index contributed by atoms with van der Waals surface area (Å²) < 4.78 is 12.6. The standard InChI is InChI=1S/C14H11NO2Se/c16-14(10-4-2-1-3-5-10)11-6-7-12-13(8-11)18(17)9-15-12/h1-8,15H,9H2. The third-order valence-electron chi connectivity index (χ3n) is 2.92. The molecule has 0 spiro atoms. The van der Waals surface area contributed by atoms with Gasteiger partial charge in [-0.1, -0.05) is 0 Å². The summed E-state index contributed by atoms with van der Waals surface area (Å²) in [5.41, 5.74) is 2.69. The molecule has 1 heterocycles. The number of carbonyl (C=O) groups excluding carboxylic acids is 1. The quantitative estimate of drug-likeness (QED) is 0.676. The van der Waals surface area contributed by atoms with Crippen LogP contribution < -0.4 is 9.78 Å². The van der Waals surface area contributed by atoms with Crippen molar-refractivity contribution >= 4 is 29.8 Å². The van der Waals surface area contributed by atoms with Crippen molar-refractivity contribution in [1.82, 2.24) is 0 Å². The zero-order chi connectivity index (χ0) is 12.5. The van der Waals surface area contributed by atoms with E-state index in [9.17, 15) is 8.63 Å². The van der Waals surface area contributed by atoms with Crippen molar-refractivity contribution in [1.29, 1.82) is 0 Å². The van der Waals surface area contributed by atoms with E-state index < -0.39 is 13.8 Å². The molecular weight excluding hydrogens is 293 g/mol. The number of fused-ring (bicyclic) bond motifs is 1. The predicted octanol–water partition coefficient (Wildman–Crippen LogP) is 1.51. The normalized spacial score (nSPS) is 17.0. The molecule has 0 saturated heterocycles. The maximum absolute atomic E-state index is 12.2. The molecule has 1 atom stereocenters. The molecule has 1 aliphatic rings. The average molecular weight is 304 g/mol. The van der Waals surface area contributed by atoms with Crippen LogP contribution >= 0.6 is 0 Å². The SMILES string of the molecule is O=C(c1ccccc1)c1ccc2c(c1)[Se](=O)CN2. The summed E-state index contributed by atoms with van der Waals surface area (Å²) in [6.45, 7) is 0. The van der Waals surface area contributed by atoms with Crippen molar-refractivity contribution in [2.24, 2.45) is 0 Å². The zero-order valence-electron chi connectivity index (χ0n) is 9.55. The number of benzene rings is 2. The van der Waals surface area contributed by atoms with E-state index in [4.69, 9.17) is 0 Å². The van der Waals surface area contributed by atoms with Gasteiger partial charge in [-0.25, -0.2) is 0 Å². The first-order valence-electron chi connectivity index (χ1n) is 5.62. The Kier molecular flexibility index (Phi) is 2.82. The first kappa shape index (κ1) is 11.3. The molecule has 1 unspecified atom stereocenters. The Morgan fingerprint density at radius 1 is 1.06 bits per heavy atom. The molecule has 0 aliphatic carbocycles. The van der Waals surface area contributed by atoms with E-state index in [2.05, 4.69) is 5.32 Å². The Balaban J connectivity index is 2.01. The molecule has 0 aromatic heterocycles. The minimum atomic E-state index is -1.99. The van der Waals surface area contributed by atoms with Gasteiger partial charge in [0.15, 0.2) is 0 Å². The van der Waals surface area contributed by atoms with Crippen molar-refractivity contribution in [2.45, 2.75) is 0 Å². The summed E-state index contributed by atoms with van der Waals surface area (Å²) in [5.74, 6) is -0.0240. The summed E-state index contributed by atoms with van der Waals surface area (Å²) >= 11 is -1.99. The monoisotopic (exact) mass is 305 g/mol. The van der Waals surface area contributed by atoms with Gasteiger partial charge in [0.05, 0.1) is 0 Å². The maximum atomic E-state index is 12.2. The first-order valence-corrected chi connectivity index (χ1v) is 8.38. The fourth-order valence-electron chi connectivity index (χ4n) is 1.98. The summed E-state index contributed by atoms with van der Waals surface area (Å²) in [7, 11) is 0. The van der Waals surface area contributed by atoms with Crippen molar-refractivity contribution < 1.29 is 8.63 Å². The van der Waals surface area contributed by atoms with E-state index in [1.165, 1.54) is 0 Å². The van der Waals surface area contributed by atoms with Crippen LogP contribution in [0.1, 0.15) is 15.9 Å². The van der Waals surface area contributed by atoms with Gasteiger partial charge < -0.3 is 0 Å². The second-order valence-electron chi connectivity index (χ2n) is 4.07. The number of rotatable bonds is 2. The first-order chi connectivity index (χ1) is 8.75. The fourth-order valence-corrected chi connectivity index (χ4v) is 4.25. The van der Waals surface area contributed by atoms with E-state index >= 15 is 0 Å². The van der Waals surface area contributed by atoms with Crippen LogP contribution in [-0.2, 0) is 3.83 Å². The van der Waals surface area contributed by atoms with Crippen LogP contribution in [0.4, 0.5) is 5.69 Å². The van der Waals surface area contributed by atoms with Gasteiger partial charge in [0.1, 0.15) is 0 Å². The van der Waals surface area contributed by atoms with Crippen LogP contribution in [-0.4, -0.2) is 25.1 Å². The topological polar surface area (TPSA) is 46.2 Å². The number of hydrogen-bond acceptors (Lipinski definition) is 3. The Morgan fingerprint density at radius 3 is 2.61 bits per heavy atom. The Bertz CT molecular complexity index is 637. The van der Waals surface area contributed by atoms with Crippen LogP contribution in [0.2, 0.25) is 0 Å². The molecule has 0 bridgehead atoms. The van der Waals surface area contributed by atoms with Gasteiger partial charge in [0.25, 0.3) is 0 Å². The molecule has 0 fully saturated rings. The van der Waals surface area contributed by atoms with Gasteiger partial charge in [-0.3, -0.25) is 0 Å². The van der Waals surface area contributed by atoms with Crippen LogP contribution in [0.3, 0.4) is 0 Å². The summed E-state index contributed by atoms with van der Waals surface area (Å²) in [5, 5.41) is 3.09. The number of nitrogens with one attached hydrogen (secondary N) is 1. The molecule has 3 rings (SSSR count). The number of carbonyl (C=O) groups is 1. The van der Waals surface area contributed by atoms with Crippen LogP contribution in [0.5, 0.6) is 0 Å². The third-order valence-corrected chi connectivity index (χ3v) is 5.51. The van der Waals surface area contributed by atoms with E-state index in [1.807, 2.05) is 24.3 Å². The molecule has 90 valence electrons. The Labute approximate surface area is 109 Å². The zero-order valence-corrected chi connectivity index (χ0v) is 11.3. The molecule has 4 heteroatoms. The van der Waals surface area contributed by atoms with E-state index in [0.29, 0.717) is 16.6 Å². The fraction of sp³-hybridized carbons (Fsp3) is 0.0714. The second-order valence-corrected chi connectivity index (χ2v) is 7.05. The molecule has 3 nitrogen and oxygen atoms in total. The van der Waals surface area contributed by atoms with Crippen molar-refractivity contribution in [3.05, 3.63) is 59.7 Å². The molecule has 0 radical (unpaired) electrons. The van der Waals surface area contributed by atoms with Gasteiger partial charge in [-0.15, -0.1) is 0 Å². The number of ketones is 1. The average Bonchev–Trinajstić information content (AvgIpc) is 2.80. The molecule has 18 heavy (non-hydrogen) atoms. The third kappa shape index (κ3) is 1.90. The van der Waals surface area contributed by atoms with Crippen LogP contribution in [0.25, 0.3) is 0 Å². The molecule has 2 aromatic carbocycles. The Hall–Kier alpha value is -1.77. The molecule has 1 N–H and O–H groups in total. The Morgan fingerprint density at radius 2 is 1.83 bits per heavy atom. The molecule has 1 aliphatic heterocycles. The minimum absolute atomic E-state index is 0.0240. The van der Waals surface area contributed by atoms with Crippen molar-refractivity contribution in [2.75, 3.05) is 10.8 Å². The van der Waals surface area contributed by atoms with Gasteiger partial charge in [-0.2, -0.15) is 0 Å². The van der Waals surface area contributed by atoms with Crippen molar-refractivity contribution in [3.8, 4) is 0 Å². The van der Waals surface area contributed by atoms with E-state index in [0.717, 1.165) is 10.1 Å². The van der Waals surface area contributed by atoms with Crippen LogP contribution in [0.15, 0.2) is 48.5 Å². The molecule has 0 amide bonds. The second kappa shape index (κ2) is 4.48. The molecular formula is C14H11NO2Se. The number of anilines is 1. The number of hydrogen-bond donors (Lipinski definition) is 1. The summed E-state index contributed by atoms with van der Waals surface area (Å²) in [6.07, 6.45) is 0. The predicted molar refractivity (Wildman–Crippen MR) is 70.9 cm³/mol. The van der Waals surface area contributed by atoms with E-state index in [-0.39, 0.29) is 5.78 Å². The van der Waals surface area contributed by atoms with Gasteiger partial charge in [0.2, 0.25) is 0 Å². The molecule has 0 saturated carbocycles. The van der Waals surface area contributed by atoms with Gasteiger partial charge >= 0.3 is 109 Å². The van der Waals surface area contributed by atoms with Crippen LogP contribution in [0, 0.1) is 0 Å². The van der Waals surface area contributed by atoms with E-state index in [1.54, 1.807) is 24.3 Å². The summed E-state index contributed by atoms with van der Waals surface area (Å²) in [6, 6.07) is 14.5.